The van der Waals surface area contributed by atoms with Crippen molar-refractivity contribution in [2.75, 3.05) is 10.0 Å². The first kappa shape index (κ1) is 19.4. The Bertz CT molecular complexity index is 1050. The minimum atomic E-state index is -3.58. The van der Waals surface area contributed by atoms with Crippen LogP contribution in [0, 0.1) is 6.92 Å². The second-order valence-corrected chi connectivity index (χ2v) is 9.21. The summed E-state index contributed by atoms with van der Waals surface area (Å²) in [6.07, 6.45) is 0.171. The van der Waals surface area contributed by atoms with E-state index in [2.05, 4.69) is 10.0 Å². The molecule has 1 aromatic heterocycles. The zero-order chi connectivity index (χ0) is 19.4. The number of carbonyl (C=O) groups excluding carboxylic acids is 1. The van der Waals surface area contributed by atoms with Crippen molar-refractivity contribution in [3.05, 3.63) is 76.1 Å². The third-order valence-corrected chi connectivity index (χ3v) is 6.82. The average molecular weight is 421 g/mol. The van der Waals surface area contributed by atoms with Crippen LogP contribution in [0.4, 0.5) is 11.4 Å². The molecule has 5 nitrogen and oxygen atoms in total. The highest BCUT2D eigenvalue weighted by Gasteiger charge is 2.15. The third kappa shape index (κ3) is 5.09. The van der Waals surface area contributed by atoms with Crippen molar-refractivity contribution < 1.29 is 13.2 Å². The van der Waals surface area contributed by atoms with Crippen LogP contribution in [-0.4, -0.2) is 14.3 Å². The van der Waals surface area contributed by atoms with Gasteiger partial charge in [0.05, 0.1) is 6.42 Å². The molecule has 0 aliphatic carbocycles. The molecule has 1 amide bonds. The summed E-state index contributed by atoms with van der Waals surface area (Å²) in [6.45, 7) is 1.89. The van der Waals surface area contributed by atoms with Crippen LogP contribution in [0.25, 0.3) is 0 Å². The molecule has 0 radical (unpaired) electrons. The molecule has 2 aromatic carbocycles. The van der Waals surface area contributed by atoms with Crippen LogP contribution in [0.3, 0.4) is 0 Å². The van der Waals surface area contributed by atoms with Crippen LogP contribution in [-0.2, 0) is 21.2 Å². The number of rotatable bonds is 6. The number of halogens is 1. The van der Waals surface area contributed by atoms with E-state index in [1.807, 2.05) is 13.0 Å². The molecular formula is C19H17ClN2O3S2. The third-order valence-electron chi connectivity index (χ3n) is 3.80. The normalized spacial score (nSPS) is 11.2. The minimum Gasteiger partial charge on any atom is -0.326 e. The fourth-order valence-electron chi connectivity index (χ4n) is 2.42. The molecule has 0 aliphatic heterocycles. The number of hydrogen-bond donors (Lipinski definition) is 2. The number of amides is 1. The van der Waals surface area contributed by atoms with Crippen molar-refractivity contribution in [1.82, 2.24) is 0 Å². The van der Waals surface area contributed by atoms with Gasteiger partial charge in [-0.15, -0.1) is 11.3 Å². The number of benzene rings is 2. The van der Waals surface area contributed by atoms with Crippen molar-refractivity contribution in [2.45, 2.75) is 17.6 Å². The molecule has 3 rings (SSSR count). The minimum absolute atomic E-state index is 0.171. The molecule has 0 fully saturated rings. The van der Waals surface area contributed by atoms with Gasteiger partial charge in [-0.2, -0.15) is 0 Å². The van der Waals surface area contributed by atoms with Crippen molar-refractivity contribution in [3.8, 4) is 0 Å². The molecule has 2 N–H and O–H groups in total. The van der Waals surface area contributed by atoms with E-state index < -0.39 is 10.0 Å². The van der Waals surface area contributed by atoms with Gasteiger partial charge in [-0.25, -0.2) is 8.42 Å². The smallest absolute Gasteiger partial charge is 0.271 e. The van der Waals surface area contributed by atoms with Crippen molar-refractivity contribution in [3.63, 3.8) is 0 Å². The topological polar surface area (TPSA) is 75.3 Å². The Kier molecular flexibility index (Phi) is 5.84. The summed E-state index contributed by atoms with van der Waals surface area (Å²) >= 11 is 7.11. The number of nitrogens with one attached hydrogen (secondary N) is 2. The fraction of sp³-hybridized carbons (Fsp3) is 0.105. The lowest BCUT2D eigenvalue weighted by molar-refractivity contribution is -0.115. The molecule has 0 aliphatic rings. The summed E-state index contributed by atoms with van der Waals surface area (Å²) in [7, 11) is -3.58. The maximum Gasteiger partial charge on any atom is 0.271 e. The maximum atomic E-state index is 12.3. The molecule has 0 saturated heterocycles. The van der Waals surface area contributed by atoms with E-state index in [0.29, 0.717) is 16.4 Å². The van der Waals surface area contributed by atoms with Crippen LogP contribution >= 0.6 is 22.9 Å². The standard InChI is InChI=1S/C19H17ClN2O3S2/c1-13-4-7-15(20)12-17(13)21-18(23)11-14-5-8-16(9-6-14)22-27(24,25)19-3-2-10-26-19/h2-10,12,22H,11H2,1H3,(H,21,23). The first-order valence-corrected chi connectivity index (χ1v) is 10.8. The van der Waals surface area contributed by atoms with Gasteiger partial charge in [-0.1, -0.05) is 35.9 Å². The predicted octanol–water partition coefficient (Wildman–Crippen LogP) is 4.69. The quantitative estimate of drug-likeness (QED) is 0.607. The molecule has 0 unspecified atom stereocenters. The molecule has 0 atom stereocenters. The predicted molar refractivity (Wildman–Crippen MR) is 110 cm³/mol. The van der Waals surface area contributed by atoms with Gasteiger partial charge in [0.15, 0.2) is 0 Å². The first-order chi connectivity index (χ1) is 12.8. The molecular weight excluding hydrogens is 404 g/mol. The van der Waals surface area contributed by atoms with Gasteiger partial charge in [0.2, 0.25) is 5.91 Å². The maximum absolute atomic E-state index is 12.3. The zero-order valence-corrected chi connectivity index (χ0v) is 16.8. The van der Waals surface area contributed by atoms with Gasteiger partial charge in [-0.3, -0.25) is 9.52 Å². The number of thiophene rings is 1. The number of hydrogen-bond acceptors (Lipinski definition) is 4. The average Bonchev–Trinajstić information content (AvgIpc) is 3.15. The Balaban J connectivity index is 1.64. The zero-order valence-electron chi connectivity index (χ0n) is 14.4. The Hall–Kier alpha value is -2.35. The second-order valence-electron chi connectivity index (χ2n) is 5.92. The second kappa shape index (κ2) is 8.12. The van der Waals surface area contributed by atoms with Crippen molar-refractivity contribution >= 4 is 50.2 Å². The SMILES string of the molecule is Cc1ccc(Cl)cc1NC(=O)Cc1ccc(NS(=O)(=O)c2cccs2)cc1. The van der Waals surface area contributed by atoms with E-state index in [1.54, 1.807) is 53.9 Å². The fourth-order valence-corrected chi connectivity index (χ4v) is 4.64. The van der Waals surface area contributed by atoms with E-state index in [0.717, 1.165) is 22.5 Å². The van der Waals surface area contributed by atoms with Crippen molar-refractivity contribution in [1.29, 1.82) is 0 Å². The molecule has 0 bridgehead atoms. The number of carbonyl (C=O) groups is 1. The largest absolute Gasteiger partial charge is 0.326 e. The van der Waals surface area contributed by atoms with E-state index in [-0.39, 0.29) is 16.5 Å². The highest BCUT2D eigenvalue weighted by atomic mass is 35.5. The molecule has 8 heteroatoms. The summed E-state index contributed by atoms with van der Waals surface area (Å²) in [5, 5.41) is 5.10. The van der Waals surface area contributed by atoms with E-state index >= 15 is 0 Å². The van der Waals surface area contributed by atoms with Crippen LogP contribution in [0.15, 0.2) is 64.2 Å². The number of aryl methyl sites for hydroxylation is 1. The van der Waals surface area contributed by atoms with Gasteiger partial charge < -0.3 is 5.32 Å². The highest BCUT2D eigenvalue weighted by Crippen LogP contribution is 2.22. The molecule has 0 saturated carbocycles. The van der Waals surface area contributed by atoms with Gasteiger partial charge in [-0.05, 0) is 53.8 Å². The molecule has 1 heterocycles. The summed E-state index contributed by atoms with van der Waals surface area (Å²) < 4.78 is 27.2. The van der Waals surface area contributed by atoms with Crippen molar-refractivity contribution in [2.24, 2.45) is 0 Å². The summed E-state index contributed by atoms with van der Waals surface area (Å²) in [4.78, 5) is 12.3. The Morgan fingerprint density at radius 3 is 2.52 bits per heavy atom. The molecule has 3 aromatic rings. The highest BCUT2D eigenvalue weighted by molar-refractivity contribution is 7.94. The Morgan fingerprint density at radius 1 is 1.11 bits per heavy atom. The molecule has 140 valence electrons. The summed E-state index contributed by atoms with van der Waals surface area (Å²) in [5.41, 5.74) is 2.81. The van der Waals surface area contributed by atoms with E-state index in [1.165, 1.54) is 0 Å². The van der Waals surface area contributed by atoms with Gasteiger partial charge in [0, 0.05) is 16.4 Å². The van der Waals surface area contributed by atoms with Crippen LogP contribution in [0.5, 0.6) is 0 Å². The summed E-state index contributed by atoms with van der Waals surface area (Å²) in [6, 6.07) is 15.3. The Labute approximate surface area is 167 Å². The lowest BCUT2D eigenvalue weighted by Crippen LogP contribution is -2.15. The van der Waals surface area contributed by atoms with Crippen LogP contribution in [0.2, 0.25) is 5.02 Å². The lowest BCUT2D eigenvalue weighted by atomic mass is 10.1. The number of anilines is 2. The lowest BCUT2D eigenvalue weighted by Gasteiger charge is -2.10. The molecule has 27 heavy (non-hydrogen) atoms. The van der Waals surface area contributed by atoms with Gasteiger partial charge in [0.25, 0.3) is 10.0 Å². The van der Waals surface area contributed by atoms with Crippen LogP contribution < -0.4 is 10.0 Å². The van der Waals surface area contributed by atoms with Gasteiger partial charge >= 0.3 is 0 Å². The van der Waals surface area contributed by atoms with E-state index in [9.17, 15) is 13.2 Å². The summed E-state index contributed by atoms with van der Waals surface area (Å²) in [5.74, 6) is -0.174. The van der Waals surface area contributed by atoms with Crippen LogP contribution in [0.1, 0.15) is 11.1 Å². The van der Waals surface area contributed by atoms with Gasteiger partial charge in [0.1, 0.15) is 4.21 Å². The molecule has 0 spiro atoms. The number of sulfonamides is 1. The monoisotopic (exact) mass is 420 g/mol. The first-order valence-electron chi connectivity index (χ1n) is 8.05. The van der Waals surface area contributed by atoms with E-state index in [4.69, 9.17) is 11.6 Å². The Morgan fingerprint density at radius 2 is 1.85 bits per heavy atom.